The van der Waals surface area contributed by atoms with E-state index in [4.69, 9.17) is 16.5 Å². The van der Waals surface area contributed by atoms with Gasteiger partial charge in [0.2, 0.25) is 0 Å². The first-order valence-corrected chi connectivity index (χ1v) is 20.1. The van der Waals surface area contributed by atoms with Crippen molar-refractivity contribution < 1.29 is 0 Å². The Bertz CT molecular complexity index is 3580. The number of benzene rings is 8. The maximum atomic E-state index is 10.5. The molecule has 0 N–H and O–H groups in total. The van der Waals surface area contributed by atoms with Gasteiger partial charge in [0.15, 0.2) is 11.5 Å². The smallest absolute Gasteiger partial charge is 0.188 e. The Morgan fingerprint density at radius 3 is 1.77 bits per heavy atom. The highest BCUT2D eigenvalue weighted by Crippen LogP contribution is 2.39. The third-order valence-electron chi connectivity index (χ3n) is 11.6. The van der Waals surface area contributed by atoms with Crippen LogP contribution >= 0.6 is 0 Å². The van der Waals surface area contributed by atoms with E-state index in [2.05, 4.69) is 98.9 Å². The van der Waals surface area contributed by atoms with Crippen LogP contribution in [0.1, 0.15) is 11.1 Å². The van der Waals surface area contributed by atoms with Crippen LogP contribution < -0.4 is 0 Å². The Morgan fingerprint density at radius 2 is 1.03 bits per heavy atom. The molecule has 11 rings (SSSR count). The van der Waals surface area contributed by atoms with E-state index < -0.39 is 0 Å². The second-order valence-electron chi connectivity index (χ2n) is 15.2. The number of hydrogen-bond donors (Lipinski definition) is 0. The Hall–Kier alpha value is -9.09. The summed E-state index contributed by atoms with van der Waals surface area (Å²) in [5.74, 6) is 0.602. The van der Waals surface area contributed by atoms with Gasteiger partial charge < -0.3 is 9.13 Å². The van der Waals surface area contributed by atoms with Gasteiger partial charge in [0.1, 0.15) is 0 Å². The van der Waals surface area contributed by atoms with Gasteiger partial charge in [-0.1, -0.05) is 109 Å². The van der Waals surface area contributed by atoms with Gasteiger partial charge in [-0.2, -0.15) is 10.5 Å². The van der Waals surface area contributed by atoms with Gasteiger partial charge in [0.05, 0.1) is 63.3 Å². The van der Waals surface area contributed by atoms with Gasteiger partial charge in [-0.3, -0.25) is 0 Å². The molecule has 3 heterocycles. The van der Waals surface area contributed by atoms with Crippen LogP contribution in [-0.2, 0) is 0 Å². The second kappa shape index (κ2) is 14.6. The van der Waals surface area contributed by atoms with Crippen molar-refractivity contribution in [3.05, 3.63) is 211 Å². The molecule has 0 aliphatic heterocycles. The fourth-order valence-corrected chi connectivity index (χ4v) is 8.71. The molecule has 0 fully saturated rings. The summed E-state index contributed by atoms with van der Waals surface area (Å²) in [7, 11) is 0. The molecular weight excluding hydrogens is 759 g/mol. The summed E-state index contributed by atoms with van der Waals surface area (Å²) < 4.78 is 4.51. The highest BCUT2D eigenvalue weighted by Gasteiger charge is 2.19. The number of fused-ring (bicyclic) bond motifs is 6. The topological polar surface area (TPSA) is 87.6 Å². The summed E-state index contributed by atoms with van der Waals surface area (Å²) in [5.41, 5.74) is 13.8. The molecule has 0 bridgehead atoms. The van der Waals surface area contributed by atoms with Crippen LogP contribution in [0.15, 0.2) is 188 Å². The molecule has 0 spiro atoms. The lowest BCUT2D eigenvalue weighted by Gasteiger charge is -2.12. The van der Waals surface area contributed by atoms with E-state index in [-0.39, 0.29) is 0 Å². The fourth-order valence-electron chi connectivity index (χ4n) is 8.71. The van der Waals surface area contributed by atoms with Crippen molar-refractivity contribution in [2.75, 3.05) is 0 Å². The van der Waals surface area contributed by atoms with Crippen LogP contribution in [0.2, 0.25) is 0 Å². The van der Waals surface area contributed by atoms with Crippen molar-refractivity contribution in [1.29, 1.82) is 10.5 Å². The van der Waals surface area contributed by atoms with Gasteiger partial charge in [0.25, 0.3) is 0 Å². The van der Waals surface area contributed by atoms with E-state index in [0.717, 1.165) is 88.5 Å². The predicted octanol–water partition coefficient (Wildman–Crippen LogP) is 13.6. The number of hydrogen-bond acceptors (Lipinski definition) is 4. The molecular formula is C55H31N7. The van der Waals surface area contributed by atoms with Crippen molar-refractivity contribution in [2.24, 2.45) is 0 Å². The first kappa shape index (κ1) is 36.0. The molecule has 3 aromatic heterocycles. The molecule has 11 aromatic rings. The average molecular weight is 790 g/mol. The van der Waals surface area contributed by atoms with Crippen molar-refractivity contribution in [2.45, 2.75) is 0 Å². The minimum atomic E-state index is 0.530. The molecule has 0 unspecified atom stereocenters. The molecule has 62 heavy (non-hydrogen) atoms. The average Bonchev–Trinajstić information content (AvgIpc) is 3.85. The van der Waals surface area contributed by atoms with Crippen molar-refractivity contribution >= 4 is 49.3 Å². The Balaban J connectivity index is 0.982. The lowest BCUT2D eigenvalue weighted by atomic mass is 9.97. The van der Waals surface area contributed by atoms with Gasteiger partial charge in [-0.15, -0.1) is 0 Å². The normalized spacial score (nSPS) is 11.2. The molecule has 8 aromatic carbocycles. The monoisotopic (exact) mass is 789 g/mol. The molecule has 0 radical (unpaired) electrons. The van der Waals surface area contributed by atoms with Crippen LogP contribution in [0, 0.1) is 29.2 Å². The minimum absolute atomic E-state index is 0.530. The zero-order valence-electron chi connectivity index (χ0n) is 33.0. The number of nitrogens with zero attached hydrogens (tertiary/aromatic N) is 7. The van der Waals surface area contributed by atoms with E-state index in [9.17, 15) is 10.5 Å². The van der Waals surface area contributed by atoms with Crippen molar-refractivity contribution in [1.82, 2.24) is 19.1 Å². The molecule has 0 atom stereocenters. The van der Waals surface area contributed by atoms with Gasteiger partial charge in [0, 0.05) is 44.2 Å². The Morgan fingerprint density at radius 1 is 0.435 bits per heavy atom. The third kappa shape index (κ3) is 5.96. The van der Waals surface area contributed by atoms with Crippen LogP contribution in [-0.4, -0.2) is 19.1 Å². The summed E-state index contributed by atoms with van der Waals surface area (Å²) in [4.78, 5) is 13.6. The highest BCUT2D eigenvalue weighted by molar-refractivity contribution is 6.13. The first-order valence-electron chi connectivity index (χ1n) is 20.1. The predicted molar refractivity (Wildman–Crippen MR) is 248 cm³/mol. The lowest BCUT2D eigenvalue weighted by Crippen LogP contribution is -1.97. The maximum absolute atomic E-state index is 10.5. The lowest BCUT2D eigenvalue weighted by molar-refractivity contribution is 1.16. The van der Waals surface area contributed by atoms with E-state index in [1.165, 1.54) is 0 Å². The summed E-state index contributed by atoms with van der Waals surface area (Å²) in [5, 5.41) is 24.3. The van der Waals surface area contributed by atoms with Gasteiger partial charge in [-0.25, -0.2) is 14.8 Å². The minimum Gasteiger partial charge on any atom is -0.309 e. The third-order valence-corrected chi connectivity index (χ3v) is 11.6. The summed E-state index contributed by atoms with van der Waals surface area (Å²) in [6.07, 6.45) is 0. The van der Waals surface area contributed by atoms with Crippen molar-refractivity contribution in [3.8, 4) is 68.5 Å². The van der Waals surface area contributed by atoms with E-state index in [1.54, 1.807) is 0 Å². The zero-order chi connectivity index (χ0) is 41.7. The maximum Gasteiger partial charge on any atom is 0.188 e. The SMILES string of the molecule is [C-]#[N+]c1ccc2c(c1)c1cc(C#N)ccc1n2-c1ccc2c(c1)c1ccccc1n2-c1ccc(-c2ccc(-c3cc(-c4ccccc4)nc(-c4ccccc4)n3)c(C#N)c2)cc1. The van der Waals surface area contributed by atoms with Crippen LogP contribution in [0.5, 0.6) is 0 Å². The molecule has 0 saturated carbocycles. The largest absolute Gasteiger partial charge is 0.309 e. The van der Waals surface area contributed by atoms with Gasteiger partial charge in [-0.05, 0) is 95.4 Å². The molecule has 7 heteroatoms. The molecule has 0 aliphatic carbocycles. The van der Waals surface area contributed by atoms with Gasteiger partial charge >= 0.3 is 0 Å². The van der Waals surface area contributed by atoms with E-state index in [0.29, 0.717) is 28.3 Å². The summed E-state index contributed by atoms with van der Waals surface area (Å²) in [6, 6.07) is 67.6. The molecule has 7 nitrogen and oxygen atoms in total. The van der Waals surface area contributed by atoms with E-state index >= 15 is 0 Å². The standard InChI is InChI=1S/C55H31N7/c1-58-41-20-26-53-47(30-41)46-28-35(33-56)16-25-52(46)62(53)43-23-27-54-48(31-43)45-14-8-9-15-51(45)61(54)42-21-17-36(18-22-42)39-19-24-44(40(29-39)34-57)50-32-49(37-10-4-2-5-11-37)59-55(60-50)38-12-6-3-7-13-38/h2-32H. The summed E-state index contributed by atoms with van der Waals surface area (Å²) >= 11 is 0. The highest BCUT2D eigenvalue weighted by atomic mass is 15.0. The van der Waals surface area contributed by atoms with Crippen molar-refractivity contribution in [3.63, 3.8) is 0 Å². The van der Waals surface area contributed by atoms with Crippen LogP contribution in [0.3, 0.4) is 0 Å². The Labute approximate surface area is 356 Å². The van der Waals surface area contributed by atoms with Crippen LogP contribution in [0.25, 0.3) is 105 Å². The summed E-state index contributed by atoms with van der Waals surface area (Å²) in [6.45, 7) is 7.63. The molecule has 286 valence electrons. The molecule has 0 amide bonds. The second-order valence-corrected chi connectivity index (χ2v) is 15.2. The first-order chi connectivity index (χ1) is 30.6. The number of rotatable bonds is 6. The Kier molecular flexibility index (Phi) is 8.50. The molecule has 0 saturated heterocycles. The number of para-hydroxylation sites is 1. The zero-order valence-corrected chi connectivity index (χ0v) is 33.0. The fraction of sp³-hybridized carbons (Fsp3) is 0. The quantitative estimate of drug-likeness (QED) is 0.157. The number of aromatic nitrogens is 4. The molecule has 0 aliphatic rings. The number of nitriles is 2. The van der Waals surface area contributed by atoms with E-state index in [1.807, 2.05) is 115 Å². The van der Waals surface area contributed by atoms with Crippen LogP contribution in [0.4, 0.5) is 5.69 Å².